The van der Waals surface area contributed by atoms with Crippen molar-refractivity contribution in [3.05, 3.63) is 123 Å². The van der Waals surface area contributed by atoms with E-state index >= 15 is 0 Å². The topological polar surface area (TPSA) is 38.1 Å². The fourth-order valence-electron chi connectivity index (χ4n) is 3.67. The summed E-state index contributed by atoms with van der Waals surface area (Å²) >= 11 is 2.28. The molecule has 1 aromatic heterocycles. The molecule has 0 aliphatic heterocycles. The molecule has 3 nitrogen and oxygen atoms in total. The minimum absolute atomic E-state index is 0.0836. The Bertz CT molecular complexity index is 918. The fourth-order valence-corrected chi connectivity index (χ4v) is 4.46. The molecule has 134 valence electrons. The molecule has 4 aromatic rings. The summed E-state index contributed by atoms with van der Waals surface area (Å²) in [5, 5.41) is 9.73. The van der Waals surface area contributed by atoms with E-state index < -0.39 is 5.54 Å². The predicted molar refractivity (Wildman–Crippen MR) is 115 cm³/mol. The van der Waals surface area contributed by atoms with Gasteiger partial charge in [0, 0.05) is 0 Å². The van der Waals surface area contributed by atoms with Gasteiger partial charge in [0.05, 0.1) is 18.6 Å². The summed E-state index contributed by atoms with van der Waals surface area (Å²) in [6.07, 6.45) is 1.83. The third-order valence-electron chi connectivity index (χ3n) is 4.86. The van der Waals surface area contributed by atoms with E-state index in [4.69, 9.17) is 0 Å². The average molecular weight is 466 g/mol. The standard InChI is InChI=1S/C23H19IN2O/c24-22-21(16-27)25-17-26(22)23(18-10-4-1-5-11-18,19-12-6-2-7-13-19)20-14-8-3-9-15-20/h1-15,17,27H,16H2. The van der Waals surface area contributed by atoms with Crippen LogP contribution in [0.3, 0.4) is 0 Å². The van der Waals surface area contributed by atoms with Gasteiger partial charge in [-0.25, -0.2) is 4.98 Å². The van der Waals surface area contributed by atoms with Crippen LogP contribution in [0.2, 0.25) is 0 Å². The molecule has 0 spiro atoms. The SMILES string of the molecule is OCc1ncn(C(c2ccccc2)(c2ccccc2)c2ccccc2)c1I. The van der Waals surface area contributed by atoms with Crippen LogP contribution >= 0.6 is 22.6 Å². The van der Waals surface area contributed by atoms with Gasteiger partial charge < -0.3 is 9.67 Å². The summed E-state index contributed by atoms with van der Waals surface area (Å²) in [6.45, 7) is -0.0836. The Labute approximate surface area is 172 Å². The Hall–Kier alpha value is -2.44. The Balaban J connectivity index is 2.15. The molecule has 0 radical (unpaired) electrons. The lowest BCUT2D eigenvalue weighted by atomic mass is 9.77. The molecule has 3 aromatic carbocycles. The molecule has 0 aliphatic carbocycles. The number of aliphatic hydroxyl groups is 1. The first kappa shape index (κ1) is 17.9. The number of hydrogen-bond donors (Lipinski definition) is 1. The van der Waals surface area contributed by atoms with Crippen molar-refractivity contribution in [2.75, 3.05) is 0 Å². The van der Waals surface area contributed by atoms with Crippen molar-refractivity contribution in [3.8, 4) is 0 Å². The lowest BCUT2D eigenvalue weighted by molar-refractivity contribution is 0.276. The van der Waals surface area contributed by atoms with Crippen LogP contribution in [0.25, 0.3) is 0 Å². The highest BCUT2D eigenvalue weighted by atomic mass is 127. The van der Waals surface area contributed by atoms with E-state index in [0.29, 0.717) is 5.69 Å². The van der Waals surface area contributed by atoms with Gasteiger partial charge in [-0.3, -0.25) is 0 Å². The van der Waals surface area contributed by atoms with E-state index in [1.807, 2.05) is 24.5 Å². The van der Waals surface area contributed by atoms with E-state index in [0.717, 1.165) is 20.4 Å². The Morgan fingerprint density at radius 1 is 0.741 bits per heavy atom. The number of aromatic nitrogens is 2. The van der Waals surface area contributed by atoms with E-state index in [2.05, 4.69) is 105 Å². The van der Waals surface area contributed by atoms with Gasteiger partial charge in [-0.15, -0.1) is 0 Å². The van der Waals surface area contributed by atoms with Crippen LogP contribution in [0.5, 0.6) is 0 Å². The van der Waals surface area contributed by atoms with E-state index in [1.165, 1.54) is 0 Å². The van der Waals surface area contributed by atoms with Crippen LogP contribution in [-0.4, -0.2) is 14.7 Å². The van der Waals surface area contributed by atoms with Gasteiger partial charge in [0.15, 0.2) is 0 Å². The van der Waals surface area contributed by atoms with E-state index in [1.54, 1.807) is 0 Å². The first-order valence-corrected chi connectivity index (χ1v) is 9.86. The molecule has 0 aliphatic rings. The van der Waals surface area contributed by atoms with Gasteiger partial charge in [-0.2, -0.15) is 0 Å². The first-order valence-electron chi connectivity index (χ1n) is 8.78. The van der Waals surface area contributed by atoms with Crippen molar-refractivity contribution < 1.29 is 5.11 Å². The third-order valence-corrected chi connectivity index (χ3v) is 6.01. The van der Waals surface area contributed by atoms with Crippen molar-refractivity contribution in [1.29, 1.82) is 0 Å². The summed E-state index contributed by atoms with van der Waals surface area (Å²) in [5.74, 6) is 0. The van der Waals surface area contributed by atoms with Crippen LogP contribution in [0.4, 0.5) is 0 Å². The summed E-state index contributed by atoms with van der Waals surface area (Å²) in [5.41, 5.74) is 3.52. The number of nitrogens with zero attached hydrogens (tertiary/aromatic N) is 2. The van der Waals surface area contributed by atoms with Crippen molar-refractivity contribution >= 4 is 22.6 Å². The predicted octanol–water partition coefficient (Wildman–Crippen LogP) is 4.82. The molecule has 0 saturated heterocycles. The van der Waals surface area contributed by atoms with Crippen molar-refractivity contribution in [3.63, 3.8) is 0 Å². The fraction of sp³-hybridized carbons (Fsp3) is 0.0870. The van der Waals surface area contributed by atoms with E-state index in [-0.39, 0.29) is 6.61 Å². The molecule has 0 saturated carbocycles. The van der Waals surface area contributed by atoms with Crippen LogP contribution in [0, 0.1) is 3.70 Å². The summed E-state index contributed by atoms with van der Waals surface area (Å²) in [6, 6.07) is 31.3. The minimum atomic E-state index is -0.583. The smallest absolute Gasteiger partial charge is 0.122 e. The number of rotatable bonds is 5. The molecule has 0 bridgehead atoms. The maximum atomic E-state index is 9.73. The first-order chi connectivity index (χ1) is 13.3. The molecule has 0 fully saturated rings. The van der Waals surface area contributed by atoms with Crippen molar-refractivity contribution in [2.24, 2.45) is 0 Å². The van der Waals surface area contributed by atoms with Crippen LogP contribution in [-0.2, 0) is 12.1 Å². The van der Waals surface area contributed by atoms with Gasteiger partial charge in [0.25, 0.3) is 0 Å². The molecule has 0 amide bonds. The average Bonchev–Trinajstić information content (AvgIpc) is 3.12. The molecular weight excluding hydrogens is 447 g/mol. The lowest BCUT2D eigenvalue weighted by Gasteiger charge is -2.38. The van der Waals surface area contributed by atoms with Gasteiger partial charge >= 0.3 is 0 Å². The highest BCUT2D eigenvalue weighted by Crippen LogP contribution is 2.42. The van der Waals surface area contributed by atoms with Crippen LogP contribution in [0.15, 0.2) is 97.3 Å². The van der Waals surface area contributed by atoms with Gasteiger partial charge in [-0.1, -0.05) is 91.0 Å². The number of hydrogen-bond acceptors (Lipinski definition) is 2. The van der Waals surface area contributed by atoms with E-state index in [9.17, 15) is 5.11 Å². The highest BCUT2D eigenvalue weighted by Gasteiger charge is 2.39. The quantitative estimate of drug-likeness (QED) is 0.339. The maximum absolute atomic E-state index is 9.73. The lowest BCUT2D eigenvalue weighted by Crippen LogP contribution is -2.38. The summed E-state index contributed by atoms with van der Waals surface area (Å²) in [4.78, 5) is 4.48. The van der Waals surface area contributed by atoms with Gasteiger partial charge in [0.2, 0.25) is 0 Å². The second kappa shape index (κ2) is 7.66. The summed E-state index contributed by atoms with van der Waals surface area (Å²) in [7, 11) is 0. The maximum Gasteiger partial charge on any atom is 0.122 e. The Morgan fingerprint density at radius 2 is 1.15 bits per heavy atom. The minimum Gasteiger partial charge on any atom is -0.390 e. The number of aliphatic hydroxyl groups excluding tert-OH is 1. The number of halogens is 1. The monoisotopic (exact) mass is 466 g/mol. The zero-order valence-electron chi connectivity index (χ0n) is 14.7. The molecule has 0 atom stereocenters. The molecule has 27 heavy (non-hydrogen) atoms. The van der Waals surface area contributed by atoms with Gasteiger partial charge in [0.1, 0.15) is 9.24 Å². The van der Waals surface area contributed by atoms with Crippen LogP contribution in [0.1, 0.15) is 22.4 Å². The van der Waals surface area contributed by atoms with Crippen molar-refractivity contribution in [1.82, 2.24) is 9.55 Å². The molecule has 1 N–H and O–H groups in total. The molecular formula is C23H19IN2O. The summed E-state index contributed by atoms with van der Waals surface area (Å²) < 4.78 is 3.09. The zero-order chi connectivity index (χ0) is 18.7. The largest absolute Gasteiger partial charge is 0.390 e. The molecule has 4 heteroatoms. The Kier molecular flexibility index (Phi) is 5.09. The second-order valence-electron chi connectivity index (χ2n) is 6.32. The van der Waals surface area contributed by atoms with Crippen molar-refractivity contribution in [2.45, 2.75) is 12.1 Å². The number of imidazole rings is 1. The third kappa shape index (κ3) is 2.99. The molecule has 1 heterocycles. The molecule has 0 unspecified atom stereocenters. The van der Waals surface area contributed by atoms with Gasteiger partial charge in [-0.05, 0) is 39.3 Å². The highest BCUT2D eigenvalue weighted by molar-refractivity contribution is 14.1. The molecule has 4 rings (SSSR count). The normalized spacial score (nSPS) is 11.5. The zero-order valence-corrected chi connectivity index (χ0v) is 16.8. The Morgan fingerprint density at radius 3 is 1.48 bits per heavy atom. The second-order valence-corrected chi connectivity index (χ2v) is 7.34. The van der Waals surface area contributed by atoms with Crippen LogP contribution < -0.4 is 0 Å². The number of benzene rings is 3.